The number of rotatable bonds is 20. The number of hydrogen-bond donors (Lipinski definition) is 7. The van der Waals surface area contributed by atoms with Crippen LogP contribution in [0.15, 0.2) is 36.4 Å². The van der Waals surface area contributed by atoms with Gasteiger partial charge in [0, 0.05) is 43.9 Å². The van der Waals surface area contributed by atoms with Gasteiger partial charge in [-0.15, -0.1) is 0 Å². The second kappa shape index (κ2) is 19.4. The van der Waals surface area contributed by atoms with Crippen LogP contribution in [0.3, 0.4) is 0 Å². The summed E-state index contributed by atoms with van der Waals surface area (Å²) < 4.78 is 5.40. The van der Waals surface area contributed by atoms with Gasteiger partial charge in [0.05, 0.1) is 5.41 Å². The minimum atomic E-state index is -1.16. The SMILES string of the molecule is CCC(C)(C)C(=O)OCc1ccc(NC(=O)[C@H](CCCNC(N)=O)NC(=O)[C@H](CCCNC(N)=O)NC(=O)CCN2C(=O)C=CC2=O)cc1. The molecule has 0 spiro atoms. The van der Waals surface area contributed by atoms with Gasteiger partial charge in [0.2, 0.25) is 17.7 Å². The molecule has 268 valence electrons. The predicted molar refractivity (Wildman–Crippen MR) is 177 cm³/mol. The zero-order valence-corrected chi connectivity index (χ0v) is 28.0. The van der Waals surface area contributed by atoms with Crippen molar-refractivity contribution in [1.29, 1.82) is 0 Å². The average Bonchev–Trinajstić information content (AvgIpc) is 3.37. The number of carbonyl (C=O) groups is 8. The summed E-state index contributed by atoms with van der Waals surface area (Å²) in [5, 5.41) is 12.8. The number of benzene rings is 1. The molecule has 0 saturated heterocycles. The Bertz CT molecular complexity index is 1390. The molecule has 1 aliphatic heterocycles. The van der Waals surface area contributed by atoms with Crippen LogP contribution in [0.5, 0.6) is 0 Å². The summed E-state index contributed by atoms with van der Waals surface area (Å²) in [6.07, 6.45) is 3.12. The summed E-state index contributed by atoms with van der Waals surface area (Å²) in [7, 11) is 0. The molecular weight excluding hydrogens is 640 g/mol. The van der Waals surface area contributed by atoms with Gasteiger partial charge in [-0.2, -0.15) is 0 Å². The Kier molecular flexibility index (Phi) is 15.7. The largest absolute Gasteiger partial charge is 0.460 e. The Morgan fingerprint density at radius 1 is 0.816 bits per heavy atom. The lowest BCUT2D eigenvalue weighted by atomic mass is 9.91. The summed E-state index contributed by atoms with van der Waals surface area (Å²) in [5.41, 5.74) is 10.7. The van der Waals surface area contributed by atoms with Crippen LogP contribution < -0.4 is 38.1 Å². The molecule has 1 aliphatic rings. The van der Waals surface area contributed by atoms with Gasteiger partial charge in [0.1, 0.15) is 18.7 Å². The first kappa shape index (κ1) is 39.7. The van der Waals surface area contributed by atoms with Crippen molar-refractivity contribution in [2.75, 3.05) is 25.0 Å². The van der Waals surface area contributed by atoms with E-state index >= 15 is 0 Å². The number of imide groups is 1. The van der Waals surface area contributed by atoms with Crippen molar-refractivity contribution >= 4 is 53.3 Å². The van der Waals surface area contributed by atoms with Gasteiger partial charge >= 0.3 is 18.0 Å². The summed E-state index contributed by atoms with van der Waals surface area (Å²) in [5.74, 6) is -3.37. The number of amides is 9. The van der Waals surface area contributed by atoms with Crippen LogP contribution in [0.1, 0.15) is 64.9 Å². The number of primary amides is 2. The number of esters is 1. The monoisotopic (exact) mass is 686 g/mol. The number of urea groups is 2. The Morgan fingerprint density at radius 2 is 1.35 bits per heavy atom. The Hall–Kier alpha value is -5.48. The zero-order chi connectivity index (χ0) is 36.6. The van der Waals surface area contributed by atoms with Crippen molar-refractivity contribution in [1.82, 2.24) is 26.2 Å². The van der Waals surface area contributed by atoms with Crippen molar-refractivity contribution in [3.63, 3.8) is 0 Å². The van der Waals surface area contributed by atoms with E-state index in [1.54, 1.807) is 38.1 Å². The highest BCUT2D eigenvalue weighted by Crippen LogP contribution is 2.22. The number of anilines is 1. The number of hydrogen-bond acceptors (Lipinski definition) is 9. The first-order valence-corrected chi connectivity index (χ1v) is 15.9. The summed E-state index contributed by atoms with van der Waals surface area (Å²) in [4.78, 5) is 98.6. The lowest BCUT2D eigenvalue weighted by Gasteiger charge is -2.24. The van der Waals surface area contributed by atoms with E-state index in [0.717, 1.165) is 17.1 Å². The molecule has 0 saturated carbocycles. The van der Waals surface area contributed by atoms with Gasteiger partial charge in [-0.1, -0.05) is 19.1 Å². The van der Waals surface area contributed by atoms with E-state index in [4.69, 9.17) is 16.2 Å². The van der Waals surface area contributed by atoms with Gasteiger partial charge < -0.3 is 42.8 Å². The number of nitrogens with zero attached hydrogens (tertiary/aromatic N) is 1. The van der Waals surface area contributed by atoms with E-state index in [2.05, 4.69) is 26.6 Å². The normalized spacial score (nSPS) is 13.7. The number of carbonyl (C=O) groups excluding carboxylic acids is 8. The van der Waals surface area contributed by atoms with Crippen molar-refractivity contribution in [3.05, 3.63) is 42.0 Å². The first-order valence-electron chi connectivity index (χ1n) is 15.9. The smallest absolute Gasteiger partial charge is 0.312 e. The molecule has 9 N–H and O–H groups in total. The third kappa shape index (κ3) is 14.0. The molecule has 1 aromatic carbocycles. The molecule has 0 aromatic heterocycles. The lowest BCUT2D eigenvalue weighted by Crippen LogP contribution is -2.53. The Labute approximate surface area is 284 Å². The number of ether oxygens (including phenoxy) is 1. The van der Waals surface area contributed by atoms with Crippen molar-refractivity contribution in [3.8, 4) is 0 Å². The highest BCUT2D eigenvalue weighted by molar-refractivity contribution is 6.13. The van der Waals surface area contributed by atoms with Crippen molar-refractivity contribution in [2.24, 2.45) is 16.9 Å². The predicted octanol–water partition coefficient (Wildman–Crippen LogP) is 0.286. The van der Waals surface area contributed by atoms with E-state index in [0.29, 0.717) is 17.7 Å². The van der Waals surface area contributed by atoms with Crippen LogP contribution in [0, 0.1) is 5.41 Å². The van der Waals surface area contributed by atoms with E-state index in [1.165, 1.54) is 0 Å². The summed E-state index contributed by atoms with van der Waals surface area (Å²) in [6, 6.07) is 2.77. The third-order valence-electron chi connectivity index (χ3n) is 7.71. The molecule has 17 nitrogen and oxygen atoms in total. The van der Waals surface area contributed by atoms with Crippen molar-refractivity contribution < 1.29 is 43.1 Å². The highest BCUT2D eigenvalue weighted by atomic mass is 16.5. The van der Waals surface area contributed by atoms with Gasteiger partial charge in [0.25, 0.3) is 11.8 Å². The molecule has 0 bridgehead atoms. The first-order chi connectivity index (χ1) is 23.1. The quantitative estimate of drug-likeness (QED) is 0.0564. The topological polar surface area (TPSA) is 261 Å². The van der Waals surface area contributed by atoms with Crippen LogP contribution in [0.2, 0.25) is 0 Å². The summed E-state index contributed by atoms with van der Waals surface area (Å²) >= 11 is 0. The zero-order valence-electron chi connectivity index (χ0n) is 28.0. The molecule has 2 atom stereocenters. The Morgan fingerprint density at radius 3 is 1.86 bits per heavy atom. The fraction of sp³-hybridized carbons (Fsp3) is 0.500. The molecule has 0 radical (unpaired) electrons. The minimum Gasteiger partial charge on any atom is -0.460 e. The van der Waals surface area contributed by atoms with E-state index in [1.807, 2.05) is 6.92 Å². The molecule has 0 fully saturated rings. The fourth-order valence-corrected chi connectivity index (χ4v) is 4.38. The standard InChI is InChI=1S/C32H46N8O9/c1-4-32(2,3)29(46)49-19-20-9-11-21(12-10-20)37-27(44)23(8-6-17-36-31(34)48)39-28(45)22(7-5-16-35-30(33)47)38-24(41)15-18-40-25(42)13-14-26(40)43/h9-14,22-23H,4-8,15-19H2,1-3H3,(H,37,44)(H,38,41)(H,39,45)(H3,33,35,47)(H3,34,36,48)/t22-,23-/m0/s1. The maximum atomic E-state index is 13.5. The highest BCUT2D eigenvalue weighted by Gasteiger charge is 2.29. The van der Waals surface area contributed by atoms with Crippen LogP contribution in [0.4, 0.5) is 15.3 Å². The molecule has 0 unspecified atom stereocenters. The molecule has 1 heterocycles. The molecule has 2 rings (SSSR count). The molecule has 49 heavy (non-hydrogen) atoms. The minimum absolute atomic E-state index is 0.0417. The maximum Gasteiger partial charge on any atom is 0.312 e. The fourth-order valence-electron chi connectivity index (χ4n) is 4.38. The number of nitrogens with one attached hydrogen (secondary N) is 5. The van der Waals surface area contributed by atoms with Gasteiger partial charge in [-0.3, -0.25) is 33.7 Å². The van der Waals surface area contributed by atoms with Gasteiger partial charge in [0.15, 0.2) is 0 Å². The molecule has 9 amide bonds. The van der Waals surface area contributed by atoms with E-state index < -0.39 is 59.1 Å². The second-order valence-corrected chi connectivity index (χ2v) is 12.0. The third-order valence-corrected chi connectivity index (χ3v) is 7.71. The van der Waals surface area contributed by atoms with E-state index in [9.17, 15) is 38.4 Å². The Balaban J connectivity index is 2.11. The number of nitrogens with two attached hydrogens (primary N) is 2. The molecule has 1 aromatic rings. The molecule has 0 aliphatic carbocycles. The van der Waals surface area contributed by atoms with Crippen LogP contribution in [-0.2, 0) is 40.1 Å². The van der Waals surface area contributed by atoms with Crippen LogP contribution in [0.25, 0.3) is 0 Å². The lowest BCUT2D eigenvalue weighted by molar-refractivity contribution is -0.155. The van der Waals surface area contributed by atoms with Crippen LogP contribution >= 0.6 is 0 Å². The maximum absolute atomic E-state index is 13.5. The van der Waals surface area contributed by atoms with E-state index in [-0.39, 0.29) is 64.3 Å². The van der Waals surface area contributed by atoms with Gasteiger partial charge in [-0.05, 0) is 63.6 Å². The van der Waals surface area contributed by atoms with Crippen molar-refractivity contribution in [2.45, 2.75) is 78.0 Å². The van der Waals surface area contributed by atoms with Crippen LogP contribution in [-0.4, -0.2) is 84.2 Å². The summed E-state index contributed by atoms with van der Waals surface area (Å²) in [6.45, 7) is 5.56. The van der Waals surface area contributed by atoms with Gasteiger partial charge in [-0.25, -0.2) is 9.59 Å². The molecular formula is C32H46N8O9. The second-order valence-electron chi connectivity index (χ2n) is 12.0. The molecule has 17 heteroatoms. The average molecular weight is 687 g/mol.